The summed E-state index contributed by atoms with van der Waals surface area (Å²) in [6.45, 7) is 5.25. The van der Waals surface area contributed by atoms with Crippen LogP contribution in [0.2, 0.25) is 0 Å². The van der Waals surface area contributed by atoms with Crippen LogP contribution in [0, 0.1) is 6.92 Å². The molecule has 3 heterocycles. The van der Waals surface area contributed by atoms with E-state index in [9.17, 15) is 4.79 Å². The molecule has 0 aromatic carbocycles. The Labute approximate surface area is 145 Å². The number of pyridine rings is 1. The fourth-order valence-corrected chi connectivity index (χ4v) is 3.44. The Bertz CT molecular complexity index is 657. The zero-order valence-corrected chi connectivity index (χ0v) is 14.5. The van der Waals surface area contributed by atoms with E-state index in [-0.39, 0.29) is 11.9 Å². The van der Waals surface area contributed by atoms with Crippen molar-refractivity contribution in [1.29, 1.82) is 0 Å². The number of aromatic nitrogens is 3. The molecular weight excluding hydrogens is 326 g/mol. The number of hydrogen-bond donors (Lipinski definition) is 1. The average molecular weight is 347 g/mol. The van der Waals surface area contributed by atoms with Gasteiger partial charge in [-0.05, 0) is 18.6 Å². The third-order valence-electron chi connectivity index (χ3n) is 3.87. The van der Waals surface area contributed by atoms with Crippen molar-refractivity contribution in [2.75, 3.05) is 32.8 Å². The molecule has 2 aromatic heterocycles. The van der Waals surface area contributed by atoms with Crippen LogP contribution in [0.5, 0.6) is 0 Å². The molecule has 1 saturated heterocycles. The summed E-state index contributed by atoms with van der Waals surface area (Å²) in [5.74, 6) is -0.00821. The summed E-state index contributed by atoms with van der Waals surface area (Å²) in [5.41, 5.74) is 0.906. The summed E-state index contributed by atoms with van der Waals surface area (Å²) in [6, 6.07) is 3.47. The van der Waals surface area contributed by atoms with Crippen LogP contribution in [0.1, 0.15) is 21.6 Å². The monoisotopic (exact) mass is 347 g/mol. The molecule has 1 atom stereocenters. The molecule has 1 N–H and O–H groups in total. The first-order chi connectivity index (χ1) is 11.7. The van der Waals surface area contributed by atoms with Gasteiger partial charge in [-0.3, -0.25) is 14.7 Å². The highest BCUT2D eigenvalue weighted by Crippen LogP contribution is 2.21. The van der Waals surface area contributed by atoms with E-state index in [1.54, 1.807) is 23.7 Å². The van der Waals surface area contributed by atoms with Crippen molar-refractivity contribution in [3.05, 3.63) is 40.1 Å². The Balaban J connectivity index is 1.64. The van der Waals surface area contributed by atoms with Crippen LogP contribution in [-0.4, -0.2) is 58.8 Å². The quantitative estimate of drug-likeness (QED) is 0.839. The van der Waals surface area contributed by atoms with Gasteiger partial charge in [0.1, 0.15) is 16.1 Å². The number of nitrogens with one attached hydrogen (secondary N) is 1. The van der Waals surface area contributed by atoms with Gasteiger partial charge in [-0.15, -0.1) is 21.5 Å². The van der Waals surface area contributed by atoms with Crippen LogP contribution in [0.25, 0.3) is 0 Å². The first kappa shape index (κ1) is 16.9. The molecule has 1 aliphatic rings. The minimum atomic E-state index is -0.334. The van der Waals surface area contributed by atoms with Gasteiger partial charge in [0.15, 0.2) is 0 Å². The van der Waals surface area contributed by atoms with Gasteiger partial charge in [0.2, 0.25) is 5.91 Å². The summed E-state index contributed by atoms with van der Waals surface area (Å²) in [4.78, 5) is 19.1. The van der Waals surface area contributed by atoms with E-state index < -0.39 is 0 Å². The molecule has 1 fully saturated rings. The fraction of sp³-hybridized carbons (Fsp3) is 0.500. The summed E-state index contributed by atoms with van der Waals surface area (Å²) < 4.78 is 5.40. The molecule has 0 bridgehead atoms. The van der Waals surface area contributed by atoms with E-state index in [1.807, 2.05) is 19.1 Å². The molecule has 0 saturated carbocycles. The lowest BCUT2D eigenvalue weighted by Crippen LogP contribution is -2.46. The molecule has 1 aliphatic heterocycles. The van der Waals surface area contributed by atoms with Crippen LogP contribution >= 0.6 is 11.3 Å². The summed E-state index contributed by atoms with van der Waals surface area (Å²) >= 11 is 1.56. The Hall–Kier alpha value is -1.90. The number of rotatable bonds is 6. The minimum Gasteiger partial charge on any atom is -0.379 e. The zero-order chi connectivity index (χ0) is 16.8. The van der Waals surface area contributed by atoms with E-state index in [0.29, 0.717) is 26.2 Å². The summed E-state index contributed by atoms with van der Waals surface area (Å²) in [7, 11) is 0. The maximum absolute atomic E-state index is 12.8. The number of nitrogens with zero attached hydrogens (tertiary/aromatic N) is 4. The van der Waals surface area contributed by atoms with Crippen LogP contribution in [0.3, 0.4) is 0 Å². The number of amides is 1. The number of ether oxygens (including phenoxy) is 1. The summed E-state index contributed by atoms with van der Waals surface area (Å²) in [6.07, 6.45) is 4.17. The number of carbonyl (C=O) groups is 1. The van der Waals surface area contributed by atoms with Crippen molar-refractivity contribution in [3.63, 3.8) is 0 Å². The van der Waals surface area contributed by atoms with Crippen LogP contribution in [0.15, 0.2) is 24.5 Å². The molecule has 8 heteroatoms. The van der Waals surface area contributed by atoms with Crippen LogP contribution in [-0.2, 0) is 16.0 Å². The molecule has 0 aliphatic carbocycles. The standard InChI is InChI=1S/C16H21N5O2S/c1-12-19-20-14(24-12)4-6-18-16(22)15(13-3-2-5-17-11-13)21-7-9-23-10-8-21/h2-3,5,11,15H,4,6-10H2,1H3,(H,18,22)/t15-/m1/s1. The Morgan fingerprint density at radius 3 is 2.92 bits per heavy atom. The van der Waals surface area contributed by atoms with E-state index in [1.165, 1.54) is 0 Å². The maximum atomic E-state index is 12.8. The highest BCUT2D eigenvalue weighted by Gasteiger charge is 2.29. The molecule has 1 amide bonds. The second kappa shape index (κ2) is 8.27. The number of aryl methyl sites for hydroxylation is 1. The van der Waals surface area contributed by atoms with Gasteiger partial charge < -0.3 is 10.1 Å². The second-order valence-electron chi connectivity index (χ2n) is 5.59. The highest BCUT2D eigenvalue weighted by molar-refractivity contribution is 7.11. The van der Waals surface area contributed by atoms with E-state index in [0.717, 1.165) is 28.7 Å². The normalized spacial score (nSPS) is 16.7. The van der Waals surface area contributed by atoms with Crippen LogP contribution in [0.4, 0.5) is 0 Å². The maximum Gasteiger partial charge on any atom is 0.242 e. The lowest BCUT2D eigenvalue weighted by atomic mass is 10.1. The predicted molar refractivity (Wildman–Crippen MR) is 90.7 cm³/mol. The van der Waals surface area contributed by atoms with Crippen molar-refractivity contribution in [3.8, 4) is 0 Å². The number of hydrogen-bond acceptors (Lipinski definition) is 7. The number of morpholine rings is 1. The molecule has 0 spiro atoms. The van der Waals surface area contributed by atoms with Crippen LogP contribution < -0.4 is 5.32 Å². The molecule has 128 valence electrons. The SMILES string of the molecule is Cc1nnc(CCNC(=O)[C@@H](c2cccnc2)N2CCOCC2)s1. The largest absolute Gasteiger partial charge is 0.379 e. The molecular formula is C16H21N5O2S. The molecule has 7 nitrogen and oxygen atoms in total. The minimum absolute atomic E-state index is 0.00821. The number of carbonyl (C=O) groups excluding carboxylic acids is 1. The lowest BCUT2D eigenvalue weighted by molar-refractivity contribution is -0.128. The third kappa shape index (κ3) is 4.34. The smallest absolute Gasteiger partial charge is 0.242 e. The molecule has 2 aromatic rings. The molecule has 24 heavy (non-hydrogen) atoms. The first-order valence-electron chi connectivity index (χ1n) is 8.02. The van der Waals surface area contributed by atoms with Gasteiger partial charge >= 0.3 is 0 Å². The zero-order valence-electron chi connectivity index (χ0n) is 13.6. The van der Waals surface area contributed by atoms with Gasteiger partial charge in [0.25, 0.3) is 0 Å². The Morgan fingerprint density at radius 1 is 1.42 bits per heavy atom. The molecule has 0 unspecified atom stereocenters. The van der Waals surface area contributed by atoms with Gasteiger partial charge in [-0.2, -0.15) is 0 Å². The highest BCUT2D eigenvalue weighted by atomic mass is 32.1. The van der Waals surface area contributed by atoms with E-state index in [4.69, 9.17) is 4.74 Å². The van der Waals surface area contributed by atoms with Crippen molar-refractivity contribution >= 4 is 17.2 Å². The van der Waals surface area contributed by atoms with Gasteiger partial charge in [0.05, 0.1) is 13.2 Å². The third-order valence-corrected chi connectivity index (χ3v) is 4.76. The van der Waals surface area contributed by atoms with Crippen molar-refractivity contribution in [1.82, 2.24) is 25.4 Å². The predicted octanol–water partition coefficient (Wildman–Crippen LogP) is 0.974. The van der Waals surface area contributed by atoms with E-state index >= 15 is 0 Å². The Morgan fingerprint density at radius 2 is 2.25 bits per heavy atom. The lowest BCUT2D eigenvalue weighted by Gasteiger charge is -2.33. The molecule has 3 rings (SSSR count). The summed E-state index contributed by atoms with van der Waals surface area (Å²) in [5, 5.41) is 13.0. The Kier molecular flexibility index (Phi) is 5.84. The van der Waals surface area contributed by atoms with E-state index in [2.05, 4.69) is 25.4 Å². The molecule has 0 radical (unpaired) electrons. The fourth-order valence-electron chi connectivity index (χ4n) is 2.73. The van der Waals surface area contributed by atoms with Crippen molar-refractivity contribution in [2.45, 2.75) is 19.4 Å². The van der Waals surface area contributed by atoms with Gasteiger partial charge in [-0.1, -0.05) is 6.07 Å². The van der Waals surface area contributed by atoms with Crippen molar-refractivity contribution in [2.24, 2.45) is 0 Å². The topological polar surface area (TPSA) is 80.2 Å². The van der Waals surface area contributed by atoms with Gasteiger partial charge in [0, 0.05) is 38.4 Å². The van der Waals surface area contributed by atoms with Gasteiger partial charge in [-0.25, -0.2) is 0 Å². The average Bonchev–Trinajstić information content (AvgIpc) is 3.02. The second-order valence-corrected chi connectivity index (χ2v) is 6.86. The van der Waals surface area contributed by atoms with Crippen molar-refractivity contribution < 1.29 is 9.53 Å². The first-order valence-corrected chi connectivity index (χ1v) is 8.84.